The monoisotopic (exact) mass is 215 g/mol. The highest BCUT2D eigenvalue weighted by molar-refractivity contribution is 6.46. The molecule has 0 bridgehead atoms. The standard InChI is InChI=1S/C9H10ClNO3/c1-3-11(10)6-4-7(12)8(13)5-9(6)14-2/h4-5H,3H2,1-2H3. The molecule has 0 heterocycles. The minimum atomic E-state index is -0.591. The summed E-state index contributed by atoms with van der Waals surface area (Å²) in [6, 6.07) is 0. The molecule has 0 spiro atoms. The molecule has 0 unspecified atom stereocenters. The van der Waals surface area contributed by atoms with E-state index in [9.17, 15) is 9.59 Å². The molecule has 0 radical (unpaired) electrons. The Morgan fingerprint density at radius 2 is 1.93 bits per heavy atom. The van der Waals surface area contributed by atoms with Crippen LogP contribution in [0.25, 0.3) is 0 Å². The van der Waals surface area contributed by atoms with Crippen LogP contribution in [0.3, 0.4) is 0 Å². The number of hydrogen-bond donors (Lipinski definition) is 0. The van der Waals surface area contributed by atoms with E-state index >= 15 is 0 Å². The van der Waals surface area contributed by atoms with E-state index in [1.165, 1.54) is 17.6 Å². The number of carbonyl (C=O) groups excluding carboxylic acids is 2. The van der Waals surface area contributed by atoms with Gasteiger partial charge in [-0.3, -0.25) is 14.0 Å². The van der Waals surface area contributed by atoms with Gasteiger partial charge < -0.3 is 4.74 Å². The van der Waals surface area contributed by atoms with E-state index in [-0.39, 0.29) is 0 Å². The molecule has 0 aromatic carbocycles. The van der Waals surface area contributed by atoms with Crippen LogP contribution >= 0.6 is 11.8 Å². The molecule has 0 fully saturated rings. The number of ketones is 2. The van der Waals surface area contributed by atoms with Crippen molar-refractivity contribution < 1.29 is 14.3 Å². The minimum absolute atomic E-state index is 0.312. The summed E-state index contributed by atoms with van der Waals surface area (Å²) in [4.78, 5) is 22.1. The number of hydrogen-bond acceptors (Lipinski definition) is 4. The third-order valence-corrected chi connectivity index (χ3v) is 2.21. The third kappa shape index (κ3) is 1.96. The summed E-state index contributed by atoms with van der Waals surface area (Å²) in [5.41, 5.74) is 0.418. The van der Waals surface area contributed by atoms with Gasteiger partial charge in [-0.25, -0.2) is 0 Å². The Kier molecular flexibility index (Phi) is 3.30. The van der Waals surface area contributed by atoms with Crippen molar-refractivity contribution in [1.29, 1.82) is 0 Å². The highest BCUT2D eigenvalue weighted by atomic mass is 35.5. The zero-order valence-electron chi connectivity index (χ0n) is 7.91. The Balaban J connectivity index is 3.03. The van der Waals surface area contributed by atoms with Gasteiger partial charge in [0.15, 0.2) is 0 Å². The van der Waals surface area contributed by atoms with Crippen molar-refractivity contribution in [3.05, 3.63) is 23.6 Å². The van der Waals surface area contributed by atoms with Gasteiger partial charge in [0.2, 0.25) is 11.6 Å². The molecule has 14 heavy (non-hydrogen) atoms. The summed E-state index contributed by atoms with van der Waals surface area (Å²) in [5, 5.41) is 0. The summed E-state index contributed by atoms with van der Waals surface area (Å²) >= 11 is 5.81. The van der Waals surface area contributed by atoms with Gasteiger partial charge in [0.05, 0.1) is 12.8 Å². The van der Waals surface area contributed by atoms with E-state index in [0.717, 1.165) is 6.08 Å². The fourth-order valence-corrected chi connectivity index (χ4v) is 1.19. The minimum Gasteiger partial charge on any atom is -0.494 e. The van der Waals surface area contributed by atoms with Gasteiger partial charge in [-0.2, -0.15) is 0 Å². The normalized spacial score (nSPS) is 16.2. The van der Waals surface area contributed by atoms with Crippen LogP contribution in [0.5, 0.6) is 0 Å². The molecule has 76 valence electrons. The molecule has 1 rings (SSSR count). The molecule has 4 nitrogen and oxygen atoms in total. The first kappa shape index (κ1) is 10.8. The highest BCUT2D eigenvalue weighted by Crippen LogP contribution is 2.21. The molecule has 0 aromatic heterocycles. The van der Waals surface area contributed by atoms with Crippen molar-refractivity contribution >= 4 is 23.3 Å². The van der Waals surface area contributed by atoms with E-state index in [1.54, 1.807) is 0 Å². The van der Waals surface area contributed by atoms with Crippen molar-refractivity contribution in [1.82, 2.24) is 4.42 Å². The van der Waals surface area contributed by atoms with E-state index in [0.29, 0.717) is 18.0 Å². The predicted molar refractivity (Wildman–Crippen MR) is 51.4 cm³/mol. The van der Waals surface area contributed by atoms with Gasteiger partial charge in [0.25, 0.3) is 0 Å². The lowest BCUT2D eigenvalue weighted by Crippen LogP contribution is -2.22. The Hall–Kier alpha value is -1.29. The summed E-state index contributed by atoms with van der Waals surface area (Å²) in [6.07, 6.45) is 2.32. The number of rotatable bonds is 3. The fourth-order valence-electron chi connectivity index (χ4n) is 1.05. The molecule has 0 saturated carbocycles. The lowest BCUT2D eigenvalue weighted by molar-refractivity contribution is -0.131. The molecule has 0 aromatic rings. The van der Waals surface area contributed by atoms with Crippen LogP contribution in [0.1, 0.15) is 6.92 Å². The first-order valence-electron chi connectivity index (χ1n) is 4.09. The summed E-state index contributed by atoms with van der Waals surface area (Å²) in [6.45, 7) is 2.33. The molecular weight excluding hydrogens is 206 g/mol. The van der Waals surface area contributed by atoms with Gasteiger partial charge in [0.1, 0.15) is 5.76 Å². The van der Waals surface area contributed by atoms with Gasteiger partial charge in [-0.15, -0.1) is 0 Å². The summed E-state index contributed by atoms with van der Waals surface area (Å²) in [7, 11) is 1.42. The Morgan fingerprint density at radius 1 is 1.36 bits per heavy atom. The van der Waals surface area contributed by atoms with Crippen LogP contribution in [0.4, 0.5) is 0 Å². The average molecular weight is 216 g/mol. The first-order chi connectivity index (χ1) is 6.60. The molecule has 0 saturated heterocycles. The van der Waals surface area contributed by atoms with Gasteiger partial charge >= 0.3 is 0 Å². The van der Waals surface area contributed by atoms with Crippen molar-refractivity contribution in [2.24, 2.45) is 0 Å². The summed E-state index contributed by atoms with van der Waals surface area (Å²) in [5.74, 6) is -0.863. The van der Waals surface area contributed by atoms with Crippen LogP contribution in [0.2, 0.25) is 0 Å². The van der Waals surface area contributed by atoms with Crippen LogP contribution in [0.15, 0.2) is 23.6 Å². The number of methoxy groups -OCH3 is 1. The molecule has 0 atom stereocenters. The van der Waals surface area contributed by atoms with E-state index in [4.69, 9.17) is 16.5 Å². The maximum Gasteiger partial charge on any atom is 0.229 e. The first-order valence-corrected chi connectivity index (χ1v) is 4.43. The maximum absolute atomic E-state index is 11.1. The average Bonchev–Trinajstić information content (AvgIpc) is 2.20. The SMILES string of the molecule is CCN(Cl)C1=CC(=O)C(=O)C=C1OC. The zero-order valence-corrected chi connectivity index (χ0v) is 8.67. The van der Waals surface area contributed by atoms with Gasteiger partial charge in [-0.1, -0.05) is 0 Å². The second kappa shape index (κ2) is 4.28. The topological polar surface area (TPSA) is 46.6 Å². The van der Waals surface area contributed by atoms with Gasteiger partial charge in [-0.05, 0) is 6.92 Å². The van der Waals surface area contributed by atoms with Crippen molar-refractivity contribution in [2.75, 3.05) is 13.7 Å². The Morgan fingerprint density at radius 3 is 2.43 bits per heavy atom. The van der Waals surface area contributed by atoms with E-state index in [2.05, 4.69) is 0 Å². The molecule has 0 amide bonds. The third-order valence-electron chi connectivity index (χ3n) is 1.78. The molecule has 0 N–H and O–H groups in total. The smallest absolute Gasteiger partial charge is 0.229 e. The van der Waals surface area contributed by atoms with Crippen molar-refractivity contribution in [3.8, 4) is 0 Å². The molecule has 1 aliphatic rings. The molecular formula is C9H10ClNO3. The number of nitrogens with zero attached hydrogens (tertiary/aromatic N) is 1. The predicted octanol–water partition coefficient (Wildman–Crippen LogP) is 1.03. The van der Waals surface area contributed by atoms with Crippen molar-refractivity contribution in [2.45, 2.75) is 6.92 Å². The summed E-state index contributed by atoms with van der Waals surface area (Å²) < 4.78 is 6.26. The molecule has 0 aliphatic heterocycles. The second-order valence-corrected chi connectivity index (χ2v) is 3.06. The molecule has 5 heteroatoms. The largest absolute Gasteiger partial charge is 0.494 e. The van der Waals surface area contributed by atoms with Crippen LogP contribution in [0, 0.1) is 0 Å². The highest BCUT2D eigenvalue weighted by Gasteiger charge is 2.23. The van der Waals surface area contributed by atoms with E-state index in [1.807, 2.05) is 6.92 Å². The van der Waals surface area contributed by atoms with Crippen LogP contribution < -0.4 is 0 Å². The number of carbonyl (C=O) groups is 2. The fraction of sp³-hybridized carbons (Fsp3) is 0.333. The quantitative estimate of drug-likeness (QED) is 0.401. The van der Waals surface area contributed by atoms with E-state index < -0.39 is 11.6 Å². The second-order valence-electron chi connectivity index (χ2n) is 2.65. The number of halogens is 1. The van der Waals surface area contributed by atoms with Crippen LogP contribution in [-0.2, 0) is 14.3 Å². The number of allylic oxidation sites excluding steroid dienone is 2. The Labute approximate surface area is 86.9 Å². The van der Waals surface area contributed by atoms with Crippen molar-refractivity contribution in [3.63, 3.8) is 0 Å². The Bertz CT molecular complexity index is 333. The molecule has 1 aliphatic carbocycles. The number of likely N-dealkylation sites (N-methyl/N-ethyl adjacent to an activating group) is 1. The lowest BCUT2D eigenvalue weighted by Gasteiger charge is -2.20. The van der Waals surface area contributed by atoms with Gasteiger partial charge in [0, 0.05) is 30.5 Å². The maximum atomic E-state index is 11.1. The van der Waals surface area contributed by atoms with Crippen LogP contribution in [-0.4, -0.2) is 29.6 Å². The lowest BCUT2D eigenvalue weighted by atomic mass is 10.1. The number of ether oxygens (including phenoxy) is 1. The zero-order chi connectivity index (χ0) is 10.7.